The molecule has 0 saturated heterocycles. The van der Waals surface area contributed by atoms with E-state index in [-0.39, 0.29) is 0 Å². The molecule has 0 fully saturated rings. The molecule has 0 rings (SSSR count). The van der Waals surface area contributed by atoms with Gasteiger partial charge in [0.25, 0.3) is 6.29 Å². The van der Waals surface area contributed by atoms with Crippen molar-refractivity contribution < 1.29 is 19.1 Å². The molecule has 0 saturated carbocycles. The molecule has 0 amide bonds. The molecule has 0 aliphatic rings. The van der Waals surface area contributed by atoms with E-state index in [2.05, 4.69) is 0 Å². The first-order chi connectivity index (χ1) is 5.43. The van der Waals surface area contributed by atoms with Gasteiger partial charge in [0.2, 0.25) is 0 Å². The fraction of sp³-hybridized carbons (Fsp3) is 0.625. The maximum absolute atomic E-state index is 10.5. The minimum atomic E-state index is -0.847. The second-order valence-electron chi connectivity index (χ2n) is 2.63. The Balaban J connectivity index is 4.04. The van der Waals surface area contributed by atoms with Crippen LogP contribution in [0.25, 0.3) is 0 Å². The molecular weight excluding hydrogens is 160 g/mol. The van der Waals surface area contributed by atoms with Crippen LogP contribution in [0.5, 0.6) is 0 Å². The fourth-order valence-electron chi connectivity index (χ4n) is 0.561. The van der Waals surface area contributed by atoms with Gasteiger partial charge in [-0.2, -0.15) is 0 Å². The van der Waals surface area contributed by atoms with E-state index in [1.165, 1.54) is 13.8 Å². The third-order valence-electron chi connectivity index (χ3n) is 1.02. The summed E-state index contributed by atoms with van der Waals surface area (Å²) in [5.74, 6) is -0.217. The molecular formula is C8H13O4. The molecule has 1 radical (unpaired) electrons. The van der Waals surface area contributed by atoms with Gasteiger partial charge >= 0.3 is 11.9 Å². The van der Waals surface area contributed by atoms with Gasteiger partial charge in [-0.25, -0.2) is 0 Å². The maximum Gasteiger partial charge on any atom is 0.305 e. The summed E-state index contributed by atoms with van der Waals surface area (Å²) < 4.78 is 9.41. The molecule has 0 aromatic carbocycles. The highest BCUT2D eigenvalue weighted by atomic mass is 16.7. The Kier molecular flexibility index (Phi) is 4.33. The van der Waals surface area contributed by atoms with E-state index in [0.717, 1.165) is 5.92 Å². The Hall–Kier alpha value is -1.06. The lowest BCUT2D eigenvalue weighted by Crippen LogP contribution is -2.26. The highest BCUT2D eigenvalue weighted by Gasteiger charge is 2.19. The van der Waals surface area contributed by atoms with Gasteiger partial charge in [0.05, 0.1) is 5.92 Å². The largest absolute Gasteiger partial charge is 0.425 e. The van der Waals surface area contributed by atoms with Crippen molar-refractivity contribution >= 4 is 11.9 Å². The Morgan fingerprint density at radius 1 is 0.917 bits per heavy atom. The third kappa shape index (κ3) is 4.71. The van der Waals surface area contributed by atoms with Gasteiger partial charge in [-0.1, -0.05) is 13.8 Å². The fourth-order valence-corrected chi connectivity index (χ4v) is 0.561. The molecule has 0 spiro atoms. The van der Waals surface area contributed by atoms with Crippen LogP contribution in [0.4, 0.5) is 0 Å². The number of ether oxygens (including phenoxy) is 2. The van der Waals surface area contributed by atoms with Crippen LogP contribution in [-0.4, -0.2) is 18.2 Å². The zero-order chi connectivity index (χ0) is 9.72. The summed E-state index contributed by atoms with van der Waals surface area (Å²) in [5.41, 5.74) is 0. The van der Waals surface area contributed by atoms with Crippen molar-refractivity contribution in [3.8, 4) is 0 Å². The lowest BCUT2D eigenvalue weighted by Gasteiger charge is -2.18. The Morgan fingerprint density at radius 3 is 1.42 bits per heavy atom. The maximum atomic E-state index is 10.5. The Bertz CT molecular complexity index is 158. The molecule has 0 N–H and O–H groups in total. The topological polar surface area (TPSA) is 52.6 Å². The summed E-state index contributed by atoms with van der Waals surface area (Å²) in [6.45, 7) is 5.96. The molecule has 0 unspecified atom stereocenters. The van der Waals surface area contributed by atoms with Crippen molar-refractivity contribution in [3.63, 3.8) is 0 Å². The van der Waals surface area contributed by atoms with Gasteiger partial charge in [0.15, 0.2) is 0 Å². The number of rotatable bonds is 3. The Labute approximate surface area is 71.8 Å². The van der Waals surface area contributed by atoms with Crippen molar-refractivity contribution in [3.05, 3.63) is 5.92 Å². The zero-order valence-electron chi connectivity index (χ0n) is 7.71. The first kappa shape index (κ1) is 10.9. The van der Waals surface area contributed by atoms with Crippen LogP contribution in [-0.2, 0) is 19.1 Å². The van der Waals surface area contributed by atoms with Gasteiger partial charge in [0, 0.05) is 13.8 Å². The summed E-state index contributed by atoms with van der Waals surface area (Å²) in [6, 6.07) is 0. The minimum absolute atomic E-state index is 0.470. The molecule has 0 aliphatic carbocycles. The van der Waals surface area contributed by atoms with Crippen molar-refractivity contribution in [2.45, 2.75) is 34.0 Å². The molecule has 0 aromatic heterocycles. The minimum Gasteiger partial charge on any atom is -0.425 e. The van der Waals surface area contributed by atoms with Gasteiger partial charge < -0.3 is 9.47 Å². The van der Waals surface area contributed by atoms with Crippen molar-refractivity contribution in [2.75, 3.05) is 0 Å². The van der Waals surface area contributed by atoms with Crippen LogP contribution in [0.15, 0.2) is 0 Å². The first-order valence-electron chi connectivity index (χ1n) is 3.58. The molecule has 69 valence electrons. The van der Waals surface area contributed by atoms with Crippen LogP contribution in [0.3, 0.4) is 0 Å². The summed E-state index contributed by atoms with van der Waals surface area (Å²) in [6.07, 6.45) is -0.847. The standard InChI is InChI=1S/C8H13O4/c1-5(2)8(11-6(3)9)12-7(4)10/h8H,1-4H3. The van der Waals surface area contributed by atoms with Gasteiger partial charge in [-0.05, 0) is 0 Å². The zero-order valence-corrected chi connectivity index (χ0v) is 7.71. The number of carbonyl (C=O) groups excluding carboxylic acids is 2. The summed E-state index contributed by atoms with van der Waals surface area (Å²) in [7, 11) is 0. The summed E-state index contributed by atoms with van der Waals surface area (Å²) in [4.78, 5) is 21.0. The second kappa shape index (κ2) is 4.74. The van der Waals surface area contributed by atoms with E-state index in [0.29, 0.717) is 0 Å². The highest BCUT2D eigenvalue weighted by Crippen LogP contribution is 2.10. The monoisotopic (exact) mass is 173 g/mol. The lowest BCUT2D eigenvalue weighted by atomic mass is 10.2. The Morgan fingerprint density at radius 2 is 1.25 bits per heavy atom. The highest BCUT2D eigenvalue weighted by molar-refractivity contribution is 5.68. The van der Waals surface area contributed by atoms with E-state index in [9.17, 15) is 9.59 Å². The van der Waals surface area contributed by atoms with Crippen LogP contribution < -0.4 is 0 Å². The predicted molar refractivity (Wildman–Crippen MR) is 41.9 cm³/mol. The number of hydrogen-bond donors (Lipinski definition) is 0. The molecule has 0 heterocycles. The first-order valence-corrected chi connectivity index (χ1v) is 3.58. The molecule has 0 aromatic rings. The average Bonchev–Trinajstić information content (AvgIpc) is 1.83. The van der Waals surface area contributed by atoms with E-state index in [4.69, 9.17) is 9.47 Å². The predicted octanol–water partition coefficient (Wildman–Crippen LogP) is 1.05. The molecule has 0 aliphatic heterocycles. The van der Waals surface area contributed by atoms with E-state index in [1.54, 1.807) is 13.8 Å². The SMILES string of the molecule is C[C](C)C(OC(C)=O)OC(C)=O. The number of esters is 2. The van der Waals surface area contributed by atoms with E-state index in [1.807, 2.05) is 0 Å². The van der Waals surface area contributed by atoms with Gasteiger partial charge in [-0.15, -0.1) is 0 Å². The van der Waals surface area contributed by atoms with Crippen molar-refractivity contribution in [1.82, 2.24) is 0 Å². The molecule has 4 heteroatoms. The number of carbonyl (C=O) groups is 2. The average molecular weight is 173 g/mol. The normalized spacial score (nSPS) is 10.2. The van der Waals surface area contributed by atoms with Crippen LogP contribution in [0, 0.1) is 5.92 Å². The third-order valence-corrected chi connectivity index (χ3v) is 1.02. The number of hydrogen-bond acceptors (Lipinski definition) is 4. The smallest absolute Gasteiger partial charge is 0.305 e. The second-order valence-corrected chi connectivity index (χ2v) is 2.63. The molecule has 0 atom stereocenters. The van der Waals surface area contributed by atoms with Crippen molar-refractivity contribution in [1.29, 1.82) is 0 Å². The molecule has 0 bridgehead atoms. The summed E-state index contributed by atoms with van der Waals surface area (Å²) >= 11 is 0. The van der Waals surface area contributed by atoms with Crippen LogP contribution in [0.1, 0.15) is 27.7 Å². The lowest BCUT2D eigenvalue weighted by molar-refractivity contribution is -0.181. The van der Waals surface area contributed by atoms with Gasteiger partial charge in [-0.3, -0.25) is 9.59 Å². The van der Waals surface area contributed by atoms with E-state index < -0.39 is 18.2 Å². The van der Waals surface area contributed by atoms with Crippen LogP contribution >= 0.6 is 0 Å². The van der Waals surface area contributed by atoms with Crippen molar-refractivity contribution in [2.24, 2.45) is 0 Å². The van der Waals surface area contributed by atoms with E-state index >= 15 is 0 Å². The molecule has 4 nitrogen and oxygen atoms in total. The quantitative estimate of drug-likeness (QED) is 0.473. The van der Waals surface area contributed by atoms with Crippen LogP contribution in [0.2, 0.25) is 0 Å². The van der Waals surface area contributed by atoms with Gasteiger partial charge in [0.1, 0.15) is 0 Å². The summed E-state index contributed by atoms with van der Waals surface area (Å²) in [5, 5.41) is 0. The molecule has 12 heavy (non-hydrogen) atoms.